The second-order valence-electron chi connectivity index (χ2n) is 3.38. The lowest BCUT2D eigenvalue weighted by Crippen LogP contribution is -1.95. The van der Waals surface area contributed by atoms with E-state index in [-0.39, 0.29) is 5.75 Å². The number of hydrogen-bond acceptors (Lipinski definition) is 4. The van der Waals surface area contributed by atoms with Gasteiger partial charge in [-0.2, -0.15) is 5.10 Å². The van der Waals surface area contributed by atoms with Crippen molar-refractivity contribution in [1.29, 1.82) is 0 Å². The molecule has 2 aromatic rings. The van der Waals surface area contributed by atoms with Gasteiger partial charge in [-0.15, -0.1) is 0 Å². The molecule has 0 spiro atoms. The number of benzene rings is 1. The van der Waals surface area contributed by atoms with Crippen LogP contribution in [0.3, 0.4) is 0 Å². The van der Waals surface area contributed by atoms with E-state index in [1.54, 1.807) is 22.9 Å². The number of nitrogens with zero attached hydrogens (tertiary/aromatic N) is 3. The number of phenols is 1. The van der Waals surface area contributed by atoms with Crippen LogP contribution in [0.15, 0.2) is 18.2 Å². The summed E-state index contributed by atoms with van der Waals surface area (Å²) in [5, 5.41) is 13.6. The molecule has 0 atom stereocenters. The molecule has 0 saturated heterocycles. The van der Waals surface area contributed by atoms with Crippen LogP contribution in [0.5, 0.6) is 5.75 Å². The molecule has 0 radical (unpaired) electrons. The summed E-state index contributed by atoms with van der Waals surface area (Å²) >= 11 is 0. The topological polar surface area (TPSA) is 77.0 Å². The Labute approximate surface area is 87.2 Å². The molecule has 0 aliphatic carbocycles. The molecule has 5 nitrogen and oxygen atoms in total. The second-order valence-corrected chi connectivity index (χ2v) is 3.38. The van der Waals surface area contributed by atoms with Gasteiger partial charge in [0.1, 0.15) is 11.6 Å². The minimum atomic E-state index is 0.0631. The lowest BCUT2D eigenvalue weighted by Gasteiger charge is -2.02. The van der Waals surface area contributed by atoms with E-state index >= 15 is 0 Å². The van der Waals surface area contributed by atoms with E-state index in [9.17, 15) is 5.11 Å². The van der Waals surface area contributed by atoms with Crippen molar-refractivity contribution in [3.8, 4) is 17.1 Å². The summed E-state index contributed by atoms with van der Waals surface area (Å²) in [5.74, 6) is 1.47. The van der Waals surface area contributed by atoms with Crippen molar-refractivity contribution in [3.63, 3.8) is 0 Å². The maximum absolute atomic E-state index is 9.48. The molecule has 0 saturated carbocycles. The van der Waals surface area contributed by atoms with Gasteiger partial charge in [-0.05, 0) is 25.1 Å². The molecule has 0 bridgehead atoms. The third-order valence-corrected chi connectivity index (χ3v) is 2.16. The Hall–Kier alpha value is -2.04. The highest BCUT2D eigenvalue weighted by Gasteiger charge is 2.08. The maximum Gasteiger partial charge on any atom is 0.158 e. The van der Waals surface area contributed by atoms with Crippen LogP contribution >= 0.6 is 0 Å². The number of nitrogen functional groups attached to an aromatic ring is 1. The molecule has 5 heteroatoms. The molecule has 0 fully saturated rings. The lowest BCUT2D eigenvalue weighted by atomic mass is 10.2. The Morgan fingerprint density at radius 3 is 2.67 bits per heavy atom. The first kappa shape index (κ1) is 9.51. The van der Waals surface area contributed by atoms with Crippen LogP contribution in [-0.2, 0) is 7.05 Å². The zero-order valence-corrected chi connectivity index (χ0v) is 8.60. The Balaban J connectivity index is 2.54. The van der Waals surface area contributed by atoms with Crippen molar-refractivity contribution >= 4 is 5.69 Å². The van der Waals surface area contributed by atoms with Crippen LogP contribution in [0.25, 0.3) is 11.4 Å². The van der Waals surface area contributed by atoms with Gasteiger partial charge in [0.25, 0.3) is 0 Å². The molecule has 2 rings (SSSR count). The average Bonchev–Trinajstić information content (AvgIpc) is 2.50. The first-order chi connectivity index (χ1) is 7.08. The number of rotatable bonds is 1. The summed E-state index contributed by atoms with van der Waals surface area (Å²) in [7, 11) is 1.81. The van der Waals surface area contributed by atoms with E-state index in [0.717, 1.165) is 5.56 Å². The van der Waals surface area contributed by atoms with Crippen molar-refractivity contribution in [1.82, 2.24) is 14.8 Å². The highest BCUT2D eigenvalue weighted by atomic mass is 16.3. The van der Waals surface area contributed by atoms with Crippen molar-refractivity contribution in [2.24, 2.45) is 7.05 Å². The Morgan fingerprint density at radius 1 is 1.40 bits per heavy atom. The highest BCUT2D eigenvalue weighted by Crippen LogP contribution is 2.26. The number of aromatic hydroxyl groups is 1. The molecule has 0 aliphatic heterocycles. The molecule has 3 N–H and O–H groups in total. The third kappa shape index (κ3) is 1.63. The van der Waals surface area contributed by atoms with E-state index in [1.807, 2.05) is 14.0 Å². The van der Waals surface area contributed by atoms with E-state index in [2.05, 4.69) is 10.1 Å². The predicted octanol–water partition coefficient (Wildman–Crippen LogP) is 1.08. The quantitative estimate of drug-likeness (QED) is 0.538. The van der Waals surface area contributed by atoms with Gasteiger partial charge < -0.3 is 10.8 Å². The third-order valence-electron chi connectivity index (χ3n) is 2.16. The van der Waals surface area contributed by atoms with Crippen LogP contribution in [0.1, 0.15) is 5.82 Å². The molecule has 78 valence electrons. The van der Waals surface area contributed by atoms with Gasteiger partial charge in [0.15, 0.2) is 5.82 Å². The van der Waals surface area contributed by atoms with Crippen LogP contribution in [-0.4, -0.2) is 19.9 Å². The van der Waals surface area contributed by atoms with Crippen molar-refractivity contribution < 1.29 is 5.11 Å². The molecule has 0 unspecified atom stereocenters. The van der Waals surface area contributed by atoms with Gasteiger partial charge in [0.05, 0.1) is 5.69 Å². The molecule has 1 heterocycles. The Kier molecular flexibility index (Phi) is 2.07. The second kappa shape index (κ2) is 3.27. The fourth-order valence-corrected chi connectivity index (χ4v) is 1.45. The maximum atomic E-state index is 9.48. The van der Waals surface area contributed by atoms with E-state index < -0.39 is 0 Å². The van der Waals surface area contributed by atoms with Gasteiger partial charge >= 0.3 is 0 Å². The summed E-state index contributed by atoms with van der Waals surface area (Å²) in [4.78, 5) is 4.25. The summed E-state index contributed by atoms with van der Waals surface area (Å²) < 4.78 is 1.67. The molecular weight excluding hydrogens is 192 g/mol. The van der Waals surface area contributed by atoms with Crippen LogP contribution in [0.4, 0.5) is 5.69 Å². The summed E-state index contributed by atoms with van der Waals surface area (Å²) in [5.41, 5.74) is 6.67. The van der Waals surface area contributed by atoms with Crippen molar-refractivity contribution in [2.45, 2.75) is 6.92 Å². The number of nitrogens with two attached hydrogens (primary N) is 1. The summed E-state index contributed by atoms with van der Waals surface area (Å²) in [6.07, 6.45) is 0. The molecule has 0 aliphatic rings. The van der Waals surface area contributed by atoms with Gasteiger partial charge in [0.2, 0.25) is 0 Å². The van der Waals surface area contributed by atoms with E-state index in [0.29, 0.717) is 17.3 Å². The predicted molar refractivity (Wildman–Crippen MR) is 57.3 cm³/mol. The first-order valence-electron chi connectivity index (χ1n) is 4.54. The van der Waals surface area contributed by atoms with Crippen molar-refractivity contribution in [2.75, 3.05) is 5.73 Å². The van der Waals surface area contributed by atoms with E-state index in [4.69, 9.17) is 5.73 Å². The smallest absolute Gasteiger partial charge is 0.158 e. The fourth-order valence-electron chi connectivity index (χ4n) is 1.45. The van der Waals surface area contributed by atoms with Gasteiger partial charge in [-0.3, -0.25) is 0 Å². The zero-order chi connectivity index (χ0) is 11.0. The van der Waals surface area contributed by atoms with E-state index in [1.165, 1.54) is 0 Å². The standard InChI is InChI=1S/C10H12N4O/c1-6-12-10(14(2)13-6)7-3-4-8(11)9(15)5-7/h3-5,15H,11H2,1-2H3. The van der Waals surface area contributed by atoms with Crippen LogP contribution in [0, 0.1) is 6.92 Å². The molecule has 1 aromatic heterocycles. The van der Waals surface area contributed by atoms with Gasteiger partial charge in [0, 0.05) is 12.6 Å². The zero-order valence-electron chi connectivity index (χ0n) is 8.60. The van der Waals surface area contributed by atoms with Crippen LogP contribution in [0.2, 0.25) is 0 Å². The Morgan fingerprint density at radius 2 is 2.13 bits per heavy atom. The summed E-state index contributed by atoms with van der Waals surface area (Å²) in [6.45, 7) is 1.82. The van der Waals surface area contributed by atoms with Gasteiger partial charge in [-0.1, -0.05) is 0 Å². The number of aromatic nitrogens is 3. The number of anilines is 1. The minimum Gasteiger partial charge on any atom is -0.506 e. The minimum absolute atomic E-state index is 0.0631. The molecule has 1 aromatic carbocycles. The monoisotopic (exact) mass is 204 g/mol. The number of hydrogen-bond donors (Lipinski definition) is 2. The average molecular weight is 204 g/mol. The SMILES string of the molecule is Cc1nc(-c2ccc(N)c(O)c2)n(C)n1. The molecule has 0 amide bonds. The lowest BCUT2D eigenvalue weighted by molar-refractivity contribution is 0.478. The largest absolute Gasteiger partial charge is 0.506 e. The Bertz CT molecular complexity index is 504. The summed E-state index contributed by atoms with van der Waals surface area (Å²) in [6, 6.07) is 5.03. The molecule has 15 heavy (non-hydrogen) atoms. The van der Waals surface area contributed by atoms with Crippen molar-refractivity contribution in [3.05, 3.63) is 24.0 Å². The van der Waals surface area contributed by atoms with Gasteiger partial charge in [-0.25, -0.2) is 9.67 Å². The normalized spacial score (nSPS) is 10.5. The number of phenolic OH excluding ortho intramolecular Hbond substituents is 1. The molecular formula is C10H12N4O. The first-order valence-corrected chi connectivity index (χ1v) is 4.54. The fraction of sp³-hybridized carbons (Fsp3) is 0.200. The highest BCUT2D eigenvalue weighted by molar-refractivity contribution is 5.64. The number of aryl methyl sites for hydroxylation is 2. The van der Waals surface area contributed by atoms with Crippen LogP contribution < -0.4 is 5.73 Å².